The number of rotatable bonds is 10. The molecule has 1 atom stereocenters. The molecule has 8 rings (SSSR count). The molecule has 0 spiro atoms. The lowest BCUT2D eigenvalue weighted by Gasteiger charge is -2.37. The highest BCUT2D eigenvalue weighted by atomic mass is 79.9. The van der Waals surface area contributed by atoms with E-state index < -0.39 is 19.1 Å². The van der Waals surface area contributed by atoms with Crippen molar-refractivity contribution in [3.8, 4) is 5.75 Å². The summed E-state index contributed by atoms with van der Waals surface area (Å²) in [5.74, 6) is 0.619. The van der Waals surface area contributed by atoms with Crippen molar-refractivity contribution in [2.45, 2.75) is 38.9 Å². The van der Waals surface area contributed by atoms with Crippen molar-refractivity contribution in [3.63, 3.8) is 0 Å². The lowest BCUT2D eigenvalue weighted by Crippen LogP contribution is -2.52. The van der Waals surface area contributed by atoms with Gasteiger partial charge in [-0.1, -0.05) is 12.1 Å². The van der Waals surface area contributed by atoms with Gasteiger partial charge >= 0.3 is 0 Å². The fraction of sp³-hybridized carbons (Fsp3) is 0.325. The van der Waals surface area contributed by atoms with Crippen LogP contribution in [0.25, 0.3) is 11.0 Å². The van der Waals surface area contributed by atoms with Gasteiger partial charge < -0.3 is 29.7 Å². The van der Waals surface area contributed by atoms with E-state index in [9.17, 15) is 18.9 Å². The lowest BCUT2D eigenvalue weighted by atomic mass is 10.0. The molecule has 3 aliphatic heterocycles. The molecule has 3 aliphatic rings. The number of imide groups is 1. The van der Waals surface area contributed by atoms with Crippen molar-refractivity contribution in [1.82, 2.24) is 35.1 Å². The SMILES string of the molecule is COc1cc(N2CCN(Cc3ccc4c(c3)CN(C3CCC(=O)NC3=O)C4=O)CC2)c(C)cc1Nc1ncc(Br)c(Nc2ccc3nccnc3c2P(C)(C)=O)n1. The second kappa shape index (κ2) is 15.5. The predicted octanol–water partition coefficient (Wildman–Crippen LogP) is 5.32. The average Bonchev–Trinajstić information content (AvgIpc) is 3.50. The standard InChI is InChI=1S/C40H42BrN10O5P/c1-23-17-30(46-40-44-20-27(41)37(48-40)45-29-8-7-28-35(43-12-11-42-28)36(29)57(3,4)55)33(56-2)19-32(23)50-15-13-49(14-16-50)21-24-5-6-26-25(18-24)22-51(39(26)54)31-9-10-34(52)47-38(31)53/h5-8,11-12,17-20,31H,9-10,13-16,21-22H2,1-4H3,(H,47,52,53)(H2,44,45,46,48). The Morgan fingerprint density at radius 1 is 0.965 bits per heavy atom. The van der Waals surface area contributed by atoms with Crippen molar-refractivity contribution < 1.29 is 23.7 Å². The number of benzene rings is 3. The Morgan fingerprint density at radius 3 is 2.51 bits per heavy atom. The molecule has 2 aromatic heterocycles. The van der Waals surface area contributed by atoms with E-state index in [2.05, 4.69) is 69.6 Å². The molecule has 0 radical (unpaired) electrons. The fourth-order valence-corrected chi connectivity index (χ4v) is 9.53. The molecule has 3 N–H and O–H groups in total. The molecule has 3 aromatic carbocycles. The molecule has 5 heterocycles. The normalized spacial score (nSPS) is 17.5. The van der Waals surface area contributed by atoms with Gasteiger partial charge in [-0.2, -0.15) is 4.98 Å². The number of aromatic nitrogens is 4. The van der Waals surface area contributed by atoms with E-state index in [0.717, 1.165) is 55.1 Å². The first-order valence-corrected chi connectivity index (χ1v) is 22.0. The van der Waals surface area contributed by atoms with Crippen molar-refractivity contribution >= 4 is 86.0 Å². The van der Waals surface area contributed by atoms with Gasteiger partial charge in [0.25, 0.3) is 5.91 Å². The molecule has 2 saturated heterocycles. The predicted molar refractivity (Wildman–Crippen MR) is 223 cm³/mol. The van der Waals surface area contributed by atoms with Gasteiger partial charge in [0.1, 0.15) is 30.3 Å². The Kier molecular flexibility index (Phi) is 10.4. The minimum atomic E-state index is -2.78. The quantitative estimate of drug-likeness (QED) is 0.122. The van der Waals surface area contributed by atoms with Crippen LogP contribution < -0.4 is 30.9 Å². The number of aryl methyl sites for hydroxylation is 1. The number of methoxy groups -OCH3 is 1. The maximum atomic E-state index is 13.5. The third-order valence-electron chi connectivity index (χ3n) is 10.6. The summed E-state index contributed by atoms with van der Waals surface area (Å²) in [7, 11) is -1.14. The first-order valence-electron chi connectivity index (χ1n) is 18.6. The highest BCUT2D eigenvalue weighted by Gasteiger charge is 2.39. The first kappa shape index (κ1) is 38.4. The zero-order valence-electron chi connectivity index (χ0n) is 32.0. The van der Waals surface area contributed by atoms with Crippen molar-refractivity contribution in [1.29, 1.82) is 0 Å². The number of ether oxygens (including phenoxy) is 1. The summed E-state index contributed by atoms with van der Waals surface area (Å²) >= 11 is 3.57. The van der Waals surface area contributed by atoms with E-state index in [1.54, 1.807) is 43.9 Å². The van der Waals surface area contributed by atoms with Gasteiger partial charge in [-0.25, -0.2) is 4.98 Å². The number of hydrogen-bond donors (Lipinski definition) is 3. The van der Waals surface area contributed by atoms with Crippen LogP contribution in [0.4, 0.5) is 28.8 Å². The summed E-state index contributed by atoms with van der Waals surface area (Å²) in [6.45, 7) is 9.94. The molecule has 17 heteroatoms. The fourth-order valence-electron chi connectivity index (χ4n) is 7.85. The average molecular weight is 854 g/mol. The largest absolute Gasteiger partial charge is 0.494 e. The van der Waals surface area contributed by atoms with E-state index in [1.807, 2.05) is 36.4 Å². The van der Waals surface area contributed by atoms with Gasteiger partial charge in [-0.3, -0.25) is 34.6 Å². The third kappa shape index (κ3) is 7.81. The van der Waals surface area contributed by atoms with Crippen molar-refractivity contribution in [2.75, 3.05) is 62.2 Å². The number of carbonyl (C=O) groups excluding carboxylic acids is 3. The monoisotopic (exact) mass is 852 g/mol. The highest BCUT2D eigenvalue weighted by Crippen LogP contribution is 2.42. The van der Waals surface area contributed by atoms with E-state index >= 15 is 0 Å². The summed E-state index contributed by atoms with van der Waals surface area (Å²) in [4.78, 5) is 61.7. The second-order valence-corrected chi connectivity index (χ2v) is 18.9. The summed E-state index contributed by atoms with van der Waals surface area (Å²) in [6, 6.07) is 13.1. The molecule has 1 unspecified atom stereocenters. The molecule has 2 fully saturated rings. The number of piperidine rings is 1. The van der Waals surface area contributed by atoms with Crippen LogP contribution in [0, 0.1) is 6.92 Å². The van der Waals surface area contributed by atoms with Gasteiger partial charge in [-0.15, -0.1) is 0 Å². The van der Waals surface area contributed by atoms with Crippen LogP contribution in [0.15, 0.2) is 65.5 Å². The van der Waals surface area contributed by atoms with E-state index in [1.165, 1.54) is 0 Å². The Morgan fingerprint density at radius 2 is 1.75 bits per heavy atom. The van der Waals surface area contributed by atoms with Gasteiger partial charge in [0.05, 0.1) is 33.8 Å². The maximum Gasteiger partial charge on any atom is 0.255 e. The Balaban J connectivity index is 0.926. The highest BCUT2D eigenvalue weighted by molar-refractivity contribution is 9.10. The minimum Gasteiger partial charge on any atom is -0.494 e. The molecule has 0 aliphatic carbocycles. The summed E-state index contributed by atoms with van der Waals surface area (Å²) < 4.78 is 20.0. The second-order valence-electron chi connectivity index (χ2n) is 14.9. The lowest BCUT2D eigenvalue weighted by molar-refractivity contribution is -0.136. The van der Waals surface area contributed by atoms with Crippen molar-refractivity contribution in [3.05, 3.63) is 87.8 Å². The third-order valence-corrected chi connectivity index (χ3v) is 12.7. The van der Waals surface area contributed by atoms with Crippen LogP contribution in [-0.4, -0.2) is 100 Å². The number of halogens is 1. The number of carbonyl (C=O) groups is 3. The smallest absolute Gasteiger partial charge is 0.255 e. The van der Waals surface area contributed by atoms with E-state index in [-0.39, 0.29) is 18.2 Å². The molecule has 3 amide bonds. The number of hydrogen-bond acceptors (Lipinski definition) is 13. The van der Waals surface area contributed by atoms with Gasteiger partial charge in [0, 0.05) is 81.6 Å². The molecule has 5 aromatic rings. The van der Waals surface area contributed by atoms with E-state index in [4.69, 9.17) is 9.72 Å². The van der Waals surface area contributed by atoms with Crippen molar-refractivity contribution in [2.24, 2.45) is 0 Å². The maximum absolute atomic E-state index is 13.5. The summed E-state index contributed by atoms with van der Waals surface area (Å²) in [5.41, 5.74) is 7.38. The van der Waals surface area contributed by atoms with Gasteiger partial charge in [-0.05, 0) is 83.6 Å². The van der Waals surface area contributed by atoms with Crippen LogP contribution in [0.5, 0.6) is 5.75 Å². The Labute approximate surface area is 338 Å². The number of fused-ring (bicyclic) bond motifs is 2. The van der Waals surface area contributed by atoms with Crippen LogP contribution in [0.1, 0.15) is 39.9 Å². The van der Waals surface area contributed by atoms with Crippen LogP contribution in [0.2, 0.25) is 0 Å². The minimum absolute atomic E-state index is 0.161. The molecular formula is C40H42BrN10O5P. The van der Waals surface area contributed by atoms with Gasteiger partial charge in [0.15, 0.2) is 0 Å². The van der Waals surface area contributed by atoms with Crippen LogP contribution in [0.3, 0.4) is 0 Å². The van der Waals surface area contributed by atoms with Crippen LogP contribution in [-0.2, 0) is 27.2 Å². The molecule has 15 nitrogen and oxygen atoms in total. The molecule has 0 saturated carbocycles. The molecule has 294 valence electrons. The summed E-state index contributed by atoms with van der Waals surface area (Å²) in [6.07, 6.45) is 5.45. The number of piperazine rings is 1. The number of nitrogens with zero attached hydrogens (tertiary/aromatic N) is 7. The van der Waals surface area contributed by atoms with Crippen LogP contribution >= 0.6 is 23.1 Å². The molecule has 0 bridgehead atoms. The number of nitrogens with one attached hydrogen (secondary N) is 3. The number of anilines is 5. The zero-order chi connectivity index (χ0) is 40.0. The summed E-state index contributed by atoms with van der Waals surface area (Å²) in [5, 5.41) is 9.65. The van der Waals surface area contributed by atoms with E-state index in [0.29, 0.717) is 68.2 Å². The molecule has 57 heavy (non-hydrogen) atoms. The topological polar surface area (TPSA) is 175 Å². The zero-order valence-corrected chi connectivity index (χ0v) is 34.5. The Bertz CT molecular complexity index is 2490. The molecular weight excluding hydrogens is 811 g/mol. The Hall–Kier alpha value is -5.44. The first-order chi connectivity index (χ1) is 27.4. The van der Waals surface area contributed by atoms with Gasteiger partial charge in [0.2, 0.25) is 17.8 Å². The number of amides is 3.